The average Bonchev–Trinajstić information content (AvgIpc) is 2.92. The van der Waals surface area contributed by atoms with Crippen LogP contribution in [0.1, 0.15) is 40.8 Å². The quantitative estimate of drug-likeness (QED) is 0.252. The fourth-order valence-electron chi connectivity index (χ4n) is 4.47. The second kappa shape index (κ2) is 11.6. The zero-order valence-corrected chi connectivity index (χ0v) is 21.8. The molecule has 1 aliphatic heterocycles. The van der Waals surface area contributed by atoms with E-state index in [-0.39, 0.29) is 35.9 Å². The van der Waals surface area contributed by atoms with Gasteiger partial charge in [0.2, 0.25) is 0 Å². The first kappa shape index (κ1) is 29.6. The first-order chi connectivity index (χ1) is 19.3. The number of ether oxygens (including phenoxy) is 1. The van der Waals surface area contributed by atoms with E-state index in [0.717, 1.165) is 25.3 Å². The van der Waals surface area contributed by atoms with Gasteiger partial charge in [-0.25, -0.2) is 14.2 Å². The number of carbonyl (C=O) groups is 1. The second-order valence-corrected chi connectivity index (χ2v) is 9.20. The van der Waals surface area contributed by atoms with Gasteiger partial charge >= 0.3 is 18.3 Å². The Labute approximate surface area is 231 Å². The fraction of sp³-hybridized carbons (Fsp3) is 0.241. The Morgan fingerprint density at radius 1 is 0.927 bits per heavy atom. The average molecular weight is 580 g/mol. The summed E-state index contributed by atoms with van der Waals surface area (Å²) in [6.45, 7) is 1.04. The van der Waals surface area contributed by atoms with Crippen LogP contribution >= 0.6 is 0 Å². The summed E-state index contributed by atoms with van der Waals surface area (Å²) < 4.78 is 99.0. The molecule has 0 fully saturated rings. The highest BCUT2D eigenvalue weighted by molar-refractivity contribution is 5.96. The first-order valence-electron chi connectivity index (χ1n) is 12.2. The van der Waals surface area contributed by atoms with Crippen LogP contribution in [0.5, 0.6) is 0 Å². The molecule has 0 radical (unpaired) electrons. The largest absolute Gasteiger partial charge is 0.466 e. The summed E-state index contributed by atoms with van der Waals surface area (Å²) in [5.41, 5.74) is -0.675. The van der Waals surface area contributed by atoms with Crippen LogP contribution in [0.2, 0.25) is 0 Å². The van der Waals surface area contributed by atoms with Gasteiger partial charge in [0.05, 0.1) is 42.9 Å². The van der Waals surface area contributed by atoms with Gasteiger partial charge in [0.15, 0.2) is 5.96 Å². The number of guanidine groups is 1. The third-order valence-electron chi connectivity index (χ3n) is 6.56. The smallest absolute Gasteiger partial charge is 0.416 e. The van der Waals surface area contributed by atoms with E-state index in [9.17, 15) is 35.5 Å². The van der Waals surface area contributed by atoms with E-state index < -0.39 is 41.3 Å². The topological polar surface area (TPSA) is 53.9 Å². The summed E-state index contributed by atoms with van der Waals surface area (Å²) in [6.07, 6.45) is -9.18. The highest BCUT2D eigenvalue weighted by atomic mass is 19.4. The zero-order chi connectivity index (χ0) is 29.9. The Bertz CT molecular complexity index is 1460. The van der Waals surface area contributed by atoms with Gasteiger partial charge < -0.3 is 15.0 Å². The van der Waals surface area contributed by atoms with Gasteiger partial charge in [0.1, 0.15) is 5.82 Å². The van der Waals surface area contributed by atoms with Gasteiger partial charge in [-0.3, -0.25) is 0 Å². The number of aliphatic imine (C=N–C) groups is 1. The number of alkyl halides is 6. The monoisotopic (exact) mass is 579 g/mol. The molecule has 0 saturated carbocycles. The maximum Gasteiger partial charge on any atom is 0.416 e. The summed E-state index contributed by atoms with van der Waals surface area (Å²) >= 11 is 0. The van der Waals surface area contributed by atoms with Gasteiger partial charge in [-0.05, 0) is 53.9 Å². The number of hydrogen-bond acceptors (Lipinski definition) is 3. The summed E-state index contributed by atoms with van der Waals surface area (Å²) in [5, 5.41) is 3.05. The number of methoxy groups -OCH3 is 1. The molecule has 3 aromatic carbocycles. The minimum atomic E-state index is -4.66. The normalized spacial score (nSPS) is 17.0. The molecule has 41 heavy (non-hydrogen) atoms. The molecule has 1 heterocycles. The third-order valence-corrected chi connectivity index (χ3v) is 6.56. The molecule has 0 bridgehead atoms. The number of benzene rings is 3. The SMILES string of the molecule is COC(=O)C1=C(C)N(Cc2ccccc2C(F)(F)F)C(=NCc2ccc(C(F)(F)F)cc2)NC1c1ccc(F)cc1. The van der Waals surface area contributed by atoms with Crippen molar-refractivity contribution >= 4 is 11.9 Å². The van der Waals surface area contributed by atoms with Crippen molar-refractivity contribution in [2.24, 2.45) is 4.99 Å². The van der Waals surface area contributed by atoms with Gasteiger partial charge in [0.25, 0.3) is 0 Å². The van der Waals surface area contributed by atoms with E-state index in [1.807, 2.05) is 0 Å². The van der Waals surface area contributed by atoms with Crippen LogP contribution in [-0.4, -0.2) is 23.9 Å². The zero-order valence-electron chi connectivity index (χ0n) is 21.8. The number of allylic oxidation sites excluding steroid dienone is 1. The maximum absolute atomic E-state index is 13.8. The second-order valence-electron chi connectivity index (χ2n) is 9.20. The Morgan fingerprint density at radius 3 is 2.15 bits per heavy atom. The lowest BCUT2D eigenvalue weighted by atomic mass is 9.94. The van der Waals surface area contributed by atoms with Crippen LogP contribution in [0.4, 0.5) is 30.7 Å². The molecule has 0 amide bonds. The lowest BCUT2D eigenvalue weighted by molar-refractivity contribution is -0.139. The molecule has 1 atom stereocenters. The minimum absolute atomic E-state index is 0.0568. The van der Waals surface area contributed by atoms with E-state index in [4.69, 9.17) is 4.74 Å². The van der Waals surface area contributed by atoms with E-state index in [1.54, 1.807) is 0 Å². The van der Waals surface area contributed by atoms with Crippen molar-refractivity contribution in [2.45, 2.75) is 38.4 Å². The fourth-order valence-corrected chi connectivity index (χ4v) is 4.47. The van der Waals surface area contributed by atoms with E-state index >= 15 is 0 Å². The molecule has 216 valence electrons. The summed E-state index contributed by atoms with van der Waals surface area (Å²) in [4.78, 5) is 18.8. The molecular formula is C29H24F7N3O2. The predicted molar refractivity (Wildman–Crippen MR) is 137 cm³/mol. The van der Waals surface area contributed by atoms with Crippen molar-refractivity contribution in [1.29, 1.82) is 0 Å². The van der Waals surface area contributed by atoms with Crippen molar-refractivity contribution in [3.05, 3.63) is 118 Å². The Hall–Kier alpha value is -4.35. The van der Waals surface area contributed by atoms with Crippen LogP contribution in [-0.2, 0) is 35.0 Å². The third kappa shape index (κ3) is 6.69. The van der Waals surface area contributed by atoms with Crippen LogP contribution in [0, 0.1) is 5.82 Å². The van der Waals surface area contributed by atoms with Crippen LogP contribution < -0.4 is 5.32 Å². The Kier molecular flexibility index (Phi) is 8.41. The number of halogens is 7. The highest BCUT2D eigenvalue weighted by Gasteiger charge is 2.38. The van der Waals surface area contributed by atoms with Crippen molar-refractivity contribution in [3.8, 4) is 0 Å². The number of nitrogens with zero attached hydrogens (tertiary/aromatic N) is 2. The molecule has 0 aromatic heterocycles. The summed E-state index contributed by atoms with van der Waals surface area (Å²) in [7, 11) is 1.15. The number of esters is 1. The van der Waals surface area contributed by atoms with E-state index in [0.29, 0.717) is 11.1 Å². The molecule has 3 aromatic rings. The molecule has 12 heteroatoms. The lowest BCUT2D eigenvalue weighted by Gasteiger charge is -2.38. The van der Waals surface area contributed by atoms with Gasteiger partial charge in [-0.2, -0.15) is 26.3 Å². The molecule has 1 N–H and O–H groups in total. The minimum Gasteiger partial charge on any atom is -0.466 e. The molecule has 0 spiro atoms. The van der Waals surface area contributed by atoms with Gasteiger partial charge in [0, 0.05) is 5.70 Å². The highest BCUT2D eigenvalue weighted by Crippen LogP contribution is 2.36. The Balaban J connectivity index is 1.81. The number of nitrogens with one attached hydrogen (secondary N) is 1. The van der Waals surface area contributed by atoms with Gasteiger partial charge in [-0.15, -0.1) is 0 Å². The molecule has 0 aliphatic carbocycles. The molecular weight excluding hydrogens is 555 g/mol. The molecule has 1 aliphatic rings. The van der Waals surface area contributed by atoms with Gasteiger partial charge in [-0.1, -0.05) is 42.5 Å². The van der Waals surface area contributed by atoms with Crippen molar-refractivity contribution in [1.82, 2.24) is 10.2 Å². The summed E-state index contributed by atoms with van der Waals surface area (Å²) in [5.74, 6) is -1.23. The maximum atomic E-state index is 13.8. The number of rotatable bonds is 6. The van der Waals surface area contributed by atoms with Crippen LogP contribution in [0.3, 0.4) is 0 Å². The molecule has 5 nitrogen and oxygen atoms in total. The van der Waals surface area contributed by atoms with Crippen LogP contribution in [0.15, 0.2) is 89.1 Å². The van der Waals surface area contributed by atoms with E-state index in [1.165, 1.54) is 66.4 Å². The standard InChI is InChI=1S/C29H24F7N3O2/c1-17-24(26(40)41-2)25(19-9-13-22(30)14-10-19)38-27(37-15-18-7-11-21(12-8-18)28(31,32)33)39(17)16-20-5-3-4-6-23(20)29(34,35)36/h3-14,25H,15-16H2,1-2H3,(H,37,38). The number of carbonyl (C=O) groups excluding carboxylic acids is 1. The van der Waals surface area contributed by atoms with Crippen molar-refractivity contribution < 1.29 is 40.3 Å². The Morgan fingerprint density at radius 2 is 1.56 bits per heavy atom. The van der Waals surface area contributed by atoms with E-state index in [2.05, 4.69) is 10.3 Å². The predicted octanol–water partition coefficient (Wildman–Crippen LogP) is 7.01. The molecule has 1 unspecified atom stereocenters. The molecule has 4 rings (SSSR count). The van der Waals surface area contributed by atoms with Crippen molar-refractivity contribution in [3.63, 3.8) is 0 Å². The summed E-state index contributed by atoms with van der Waals surface area (Å²) in [6, 6.07) is 13.6. The van der Waals surface area contributed by atoms with Crippen molar-refractivity contribution in [2.75, 3.05) is 7.11 Å². The first-order valence-corrected chi connectivity index (χ1v) is 12.2. The number of hydrogen-bond donors (Lipinski definition) is 1. The molecule has 0 saturated heterocycles. The lowest BCUT2D eigenvalue weighted by Crippen LogP contribution is -2.49. The van der Waals surface area contributed by atoms with Crippen LogP contribution in [0.25, 0.3) is 0 Å².